The lowest BCUT2D eigenvalue weighted by Crippen LogP contribution is -2.41. The molecule has 0 atom stereocenters. The summed E-state index contributed by atoms with van der Waals surface area (Å²) in [7, 11) is 0. The number of hydrogen-bond acceptors (Lipinski definition) is 2. The molecule has 0 fully saturated rings. The van der Waals surface area contributed by atoms with Crippen molar-refractivity contribution in [1.82, 2.24) is 14.9 Å². The second-order valence-electron chi connectivity index (χ2n) is 7.61. The summed E-state index contributed by atoms with van der Waals surface area (Å²) in [6.45, 7) is 12.3. The molecule has 1 N–H and O–H groups in total. The second kappa shape index (κ2) is 6.02. The van der Waals surface area contributed by atoms with E-state index in [1.54, 1.807) is 6.20 Å². The van der Waals surface area contributed by atoms with Gasteiger partial charge in [0.05, 0.1) is 6.33 Å². The third kappa shape index (κ3) is 5.01. The van der Waals surface area contributed by atoms with Gasteiger partial charge in [0.1, 0.15) is 0 Å². The number of nitrogens with one attached hydrogen (secondary N) is 1. The number of rotatable bonds is 5. The molecular formula is C18H27N3. The molecule has 0 radical (unpaired) electrons. The fourth-order valence-electron chi connectivity index (χ4n) is 2.93. The van der Waals surface area contributed by atoms with Gasteiger partial charge in [-0.2, -0.15) is 0 Å². The van der Waals surface area contributed by atoms with Crippen LogP contribution in [0, 0.1) is 5.41 Å². The zero-order valence-corrected chi connectivity index (χ0v) is 13.9. The maximum atomic E-state index is 4.07. The molecule has 0 unspecified atom stereocenters. The van der Waals surface area contributed by atoms with Crippen LogP contribution in [0.3, 0.4) is 0 Å². The highest BCUT2D eigenvalue weighted by molar-refractivity contribution is 5.34. The fourth-order valence-corrected chi connectivity index (χ4v) is 2.93. The normalized spacial score (nSPS) is 12.6. The Bertz CT molecular complexity index is 545. The van der Waals surface area contributed by atoms with Crippen LogP contribution in [0.1, 0.15) is 46.6 Å². The summed E-state index contributed by atoms with van der Waals surface area (Å²) in [5, 5.41) is 3.67. The number of nitrogens with zero attached hydrogens (tertiary/aromatic N) is 2. The van der Waals surface area contributed by atoms with Crippen LogP contribution in [-0.4, -0.2) is 15.1 Å². The summed E-state index contributed by atoms with van der Waals surface area (Å²) < 4.78 is 2.01. The maximum absolute atomic E-state index is 4.07. The molecule has 3 nitrogen and oxygen atoms in total. The van der Waals surface area contributed by atoms with Gasteiger partial charge in [0.15, 0.2) is 0 Å². The Morgan fingerprint density at radius 2 is 1.71 bits per heavy atom. The molecule has 0 saturated carbocycles. The standard InChI is InChI=1S/C18H27N3/c1-17(2,3)13-18(4,5)20-12-15-6-8-16(9-7-15)21-11-10-19-14-21/h6-11,14,20H,12-13H2,1-5H3. The minimum atomic E-state index is 0.140. The van der Waals surface area contributed by atoms with Crippen molar-refractivity contribution in [2.45, 2.75) is 53.1 Å². The van der Waals surface area contributed by atoms with Crippen LogP contribution in [0.2, 0.25) is 0 Å². The van der Waals surface area contributed by atoms with Gasteiger partial charge in [0.25, 0.3) is 0 Å². The minimum Gasteiger partial charge on any atom is -0.308 e. The van der Waals surface area contributed by atoms with Crippen LogP contribution < -0.4 is 5.32 Å². The Morgan fingerprint density at radius 3 is 2.24 bits per heavy atom. The van der Waals surface area contributed by atoms with Gasteiger partial charge < -0.3 is 9.88 Å². The summed E-state index contributed by atoms with van der Waals surface area (Å²) in [4.78, 5) is 4.07. The first-order valence-corrected chi connectivity index (χ1v) is 7.58. The first-order chi connectivity index (χ1) is 9.75. The zero-order valence-electron chi connectivity index (χ0n) is 13.9. The van der Waals surface area contributed by atoms with Gasteiger partial charge in [-0.3, -0.25) is 0 Å². The molecule has 0 aliphatic rings. The third-order valence-electron chi connectivity index (χ3n) is 3.48. The largest absolute Gasteiger partial charge is 0.308 e. The van der Waals surface area contributed by atoms with Gasteiger partial charge in [-0.05, 0) is 43.4 Å². The molecule has 1 heterocycles. The predicted molar refractivity (Wildman–Crippen MR) is 88.6 cm³/mol. The highest BCUT2D eigenvalue weighted by Gasteiger charge is 2.24. The van der Waals surface area contributed by atoms with Gasteiger partial charge in [0.2, 0.25) is 0 Å². The van der Waals surface area contributed by atoms with E-state index in [1.807, 2.05) is 17.1 Å². The third-order valence-corrected chi connectivity index (χ3v) is 3.48. The summed E-state index contributed by atoms with van der Waals surface area (Å²) >= 11 is 0. The Kier molecular flexibility index (Phi) is 4.52. The molecule has 0 aliphatic heterocycles. The topological polar surface area (TPSA) is 29.9 Å². The lowest BCUT2D eigenvalue weighted by Gasteiger charge is -2.33. The summed E-state index contributed by atoms with van der Waals surface area (Å²) in [6, 6.07) is 8.62. The van der Waals surface area contributed by atoms with E-state index in [0.29, 0.717) is 5.41 Å². The monoisotopic (exact) mass is 285 g/mol. The Labute approximate surface area is 128 Å². The first-order valence-electron chi connectivity index (χ1n) is 7.58. The quantitative estimate of drug-likeness (QED) is 0.893. The number of aromatic nitrogens is 2. The Balaban J connectivity index is 1.95. The molecule has 0 aliphatic carbocycles. The van der Waals surface area contributed by atoms with E-state index in [9.17, 15) is 0 Å². The number of imidazole rings is 1. The maximum Gasteiger partial charge on any atom is 0.0991 e. The van der Waals surface area contributed by atoms with Crippen LogP contribution >= 0.6 is 0 Å². The molecule has 2 aromatic rings. The summed E-state index contributed by atoms with van der Waals surface area (Å²) in [6.07, 6.45) is 6.72. The predicted octanol–water partition coefficient (Wildman–Crippen LogP) is 4.18. The van der Waals surface area contributed by atoms with E-state index in [0.717, 1.165) is 18.7 Å². The molecule has 21 heavy (non-hydrogen) atoms. The van der Waals surface area contributed by atoms with Crippen molar-refractivity contribution in [2.75, 3.05) is 0 Å². The van der Waals surface area contributed by atoms with Crippen LogP contribution in [-0.2, 0) is 6.54 Å². The van der Waals surface area contributed by atoms with Gasteiger partial charge in [-0.15, -0.1) is 0 Å². The SMILES string of the molecule is CC(C)(C)CC(C)(C)NCc1ccc(-n2ccnc2)cc1. The van der Waals surface area contributed by atoms with Crippen molar-refractivity contribution >= 4 is 0 Å². The van der Waals surface area contributed by atoms with Crippen molar-refractivity contribution < 1.29 is 0 Å². The lowest BCUT2D eigenvalue weighted by atomic mass is 9.82. The smallest absolute Gasteiger partial charge is 0.0991 e. The van der Waals surface area contributed by atoms with Crippen molar-refractivity contribution in [2.24, 2.45) is 5.41 Å². The van der Waals surface area contributed by atoms with Crippen LogP contribution in [0.15, 0.2) is 43.0 Å². The molecule has 0 saturated heterocycles. The van der Waals surface area contributed by atoms with Gasteiger partial charge in [-0.25, -0.2) is 4.98 Å². The molecule has 0 bridgehead atoms. The van der Waals surface area contributed by atoms with Crippen molar-refractivity contribution in [3.63, 3.8) is 0 Å². The molecule has 0 amide bonds. The zero-order chi connectivity index (χ0) is 15.5. The van der Waals surface area contributed by atoms with Crippen LogP contribution in [0.25, 0.3) is 5.69 Å². The van der Waals surface area contributed by atoms with Gasteiger partial charge in [-0.1, -0.05) is 32.9 Å². The molecule has 1 aromatic carbocycles. The Morgan fingerprint density at radius 1 is 1.05 bits per heavy atom. The Hall–Kier alpha value is -1.61. The van der Waals surface area contributed by atoms with E-state index >= 15 is 0 Å². The number of hydrogen-bond donors (Lipinski definition) is 1. The van der Waals surface area contributed by atoms with Crippen LogP contribution in [0.5, 0.6) is 0 Å². The highest BCUT2D eigenvalue weighted by atomic mass is 15.0. The lowest BCUT2D eigenvalue weighted by molar-refractivity contribution is 0.241. The van der Waals surface area contributed by atoms with Crippen molar-refractivity contribution in [3.8, 4) is 5.69 Å². The molecule has 2 rings (SSSR count). The van der Waals surface area contributed by atoms with E-state index < -0.39 is 0 Å². The summed E-state index contributed by atoms with van der Waals surface area (Å²) in [5.41, 5.74) is 2.93. The van der Waals surface area contributed by atoms with Crippen molar-refractivity contribution in [1.29, 1.82) is 0 Å². The van der Waals surface area contributed by atoms with E-state index in [1.165, 1.54) is 5.56 Å². The second-order valence-corrected chi connectivity index (χ2v) is 7.61. The number of benzene rings is 1. The molecule has 3 heteroatoms. The average molecular weight is 285 g/mol. The van der Waals surface area contributed by atoms with E-state index in [-0.39, 0.29) is 5.54 Å². The van der Waals surface area contributed by atoms with E-state index in [2.05, 4.69) is 69.2 Å². The highest BCUT2D eigenvalue weighted by Crippen LogP contribution is 2.27. The molecule has 1 aromatic heterocycles. The molecule has 0 spiro atoms. The fraction of sp³-hybridized carbons (Fsp3) is 0.500. The van der Waals surface area contributed by atoms with Gasteiger partial charge in [0, 0.05) is 30.2 Å². The molecular weight excluding hydrogens is 258 g/mol. The van der Waals surface area contributed by atoms with Crippen LogP contribution in [0.4, 0.5) is 0 Å². The minimum absolute atomic E-state index is 0.140. The van der Waals surface area contributed by atoms with Crippen molar-refractivity contribution in [3.05, 3.63) is 48.5 Å². The first kappa shape index (κ1) is 15.8. The average Bonchev–Trinajstić information content (AvgIpc) is 2.88. The molecule has 114 valence electrons. The summed E-state index contributed by atoms with van der Waals surface area (Å²) in [5.74, 6) is 0. The van der Waals surface area contributed by atoms with Gasteiger partial charge >= 0.3 is 0 Å². The van der Waals surface area contributed by atoms with E-state index in [4.69, 9.17) is 0 Å².